The molecule has 0 radical (unpaired) electrons. The van der Waals surface area contributed by atoms with Crippen molar-refractivity contribution in [2.24, 2.45) is 29.2 Å². The number of carbonyl (C=O) groups is 2. The average molecular weight is 628 g/mol. The highest BCUT2D eigenvalue weighted by Gasteiger charge is 2.53. The molecular formula is C31H42Cl2F2N4O3. The molecule has 11 heteroatoms. The van der Waals surface area contributed by atoms with Gasteiger partial charge in [0.1, 0.15) is 0 Å². The van der Waals surface area contributed by atoms with E-state index in [-0.39, 0.29) is 6.54 Å². The van der Waals surface area contributed by atoms with Crippen LogP contribution in [-0.4, -0.2) is 74.0 Å². The number of morpholine rings is 1. The second-order valence-electron chi connectivity index (χ2n) is 11.3. The molecule has 1 aliphatic rings. The maximum atomic E-state index is 15.4. The fourth-order valence-electron chi connectivity index (χ4n) is 5.47. The maximum absolute atomic E-state index is 15.4. The van der Waals surface area contributed by atoms with E-state index < -0.39 is 47.5 Å². The molecule has 4 atom stereocenters. The number of nitrogens with two attached hydrogens (primary N) is 2. The lowest BCUT2D eigenvalue weighted by Crippen LogP contribution is -2.57. The van der Waals surface area contributed by atoms with E-state index in [1.54, 1.807) is 26.0 Å². The molecule has 3 rings (SSSR count). The van der Waals surface area contributed by atoms with E-state index in [9.17, 15) is 9.59 Å². The van der Waals surface area contributed by atoms with Gasteiger partial charge >= 0.3 is 5.92 Å². The molecule has 232 valence electrons. The van der Waals surface area contributed by atoms with Crippen molar-refractivity contribution >= 4 is 34.9 Å². The molecule has 5 N–H and O–H groups in total. The minimum atomic E-state index is -4.24. The molecule has 2 aromatic rings. The van der Waals surface area contributed by atoms with Gasteiger partial charge < -0.3 is 21.5 Å². The first kappa shape index (κ1) is 34.4. The number of amides is 1. The van der Waals surface area contributed by atoms with E-state index in [0.29, 0.717) is 62.2 Å². The topological polar surface area (TPSA) is 111 Å². The zero-order valence-electron chi connectivity index (χ0n) is 24.2. The van der Waals surface area contributed by atoms with Crippen LogP contribution in [0.3, 0.4) is 0 Å². The predicted molar refractivity (Wildman–Crippen MR) is 163 cm³/mol. The third kappa shape index (κ3) is 9.43. The summed E-state index contributed by atoms with van der Waals surface area (Å²) in [6, 6.07) is 13.2. The number of rotatable bonds is 15. The number of ketones is 1. The smallest absolute Gasteiger partial charge is 0.379 e. The Bertz CT molecular complexity index is 1170. The van der Waals surface area contributed by atoms with Crippen molar-refractivity contribution in [2.45, 2.75) is 51.1 Å². The molecule has 1 aliphatic heterocycles. The number of halogens is 4. The van der Waals surface area contributed by atoms with Crippen LogP contribution in [0.5, 0.6) is 0 Å². The molecule has 2 unspecified atom stereocenters. The number of nitrogens with zero attached hydrogens (tertiary/aromatic N) is 1. The van der Waals surface area contributed by atoms with Gasteiger partial charge in [0.15, 0.2) is 0 Å². The molecule has 1 heterocycles. The number of hydrogen-bond acceptors (Lipinski definition) is 6. The second-order valence-corrected chi connectivity index (χ2v) is 12.1. The lowest BCUT2D eigenvalue weighted by atomic mass is 9.72. The van der Waals surface area contributed by atoms with Gasteiger partial charge in [0.25, 0.3) is 5.91 Å². The van der Waals surface area contributed by atoms with E-state index >= 15 is 8.78 Å². The Morgan fingerprint density at radius 1 is 1.02 bits per heavy atom. The normalized spacial score (nSPS) is 17.5. The number of alkyl halides is 2. The molecule has 42 heavy (non-hydrogen) atoms. The molecule has 0 saturated carbocycles. The highest BCUT2D eigenvalue weighted by atomic mass is 35.5. The van der Waals surface area contributed by atoms with Crippen LogP contribution in [0.15, 0.2) is 48.5 Å². The number of carbonyl (C=O) groups excluding carboxylic acids is 2. The third-order valence-electron chi connectivity index (χ3n) is 7.96. The summed E-state index contributed by atoms with van der Waals surface area (Å²) in [7, 11) is 0. The Morgan fingerprint density at radius 3 is 2.31 bits per heavy atom. The van der Waals surface area contributed by atoms with Gasteiger partial charge in [-0.05, 0) is 54.4 Å². The number of aryl methyl sites for hydroxylation is 1. The summed E-state index contributed by atoms with van der Waals surface area (Å²) in [6.45, 7) is 6.13. The lowest BCUT2D eigenvalue weighted by molar-refractivity contribution is -0.162. The molecule has 7 nitrogen and oxygen atoms in total. The summed E-state index contributed by atoms with van der Waals surface area (Å²) < 4.78 is 36.0. The minimum Gasteiger partial charge on any atom is -0.379 e. The number of nitrogens with one attached hydrogen (secondary N) is 1. The van der Waals surface area contributed by atoms with Gasteiger partial charge in [-0.1, -0.05) is 73.4 Å². The van der Waals surface area contributed by atoms with E-state index in [1.165, 1.54) is 0 Å². The molecule has 0 aliphatic carbocycles. The Kier molecular flexibility index (Phi) is 13.1. The Hall–Kier alpha value is -2.14. The first-order chi connectivity index (χ1) is 19.9. The van der Waals surface area contributed by atoms with Crippen molar-refractivity contribution in [2.75, 3.05) is 39.4 Å². The van der Waals surface area contributed by atoms with Crippen LogP contribution < -0.4 is 16.8 Å². The van der Waals surface area contributed by atoms with E-state index in [4.69, 9.17) is 39.4 Å². The summed E-state index contributed by atoms with van der Waals surface area (Å²) in [5, 5.41) is 3.11. The van der Waals surface area contributed by atoms with Gasteiger partial charge in [0.2, 0.25) is 5.78 Å². The third-order valence-corrected chi connectivity index (χ3v) is 8.70. The molecule has 0 aromatic heterocycles. The van der Waals surface area contributed by atoms with Crippen LogP contribution in [0.25, 0.3) is 0 Å². The highest BCUT2D eigenvalue weighted by Crippen LogP contribution is 2.32. The van der Waals surface area contributed by atoms with E-state index in [2.05, 4.69) is 5.32 Å². The Labute approximate surface area is 257 Å². The maximum Gasteiger partial charge on any atom is 0.381 e. The fourth-order valence-corrected chi connectivity index (χ4v) is 5.80. The first-order valence-corrected chi connectivity index (χ1v) is 15.2. The van der Waals surface area contributed by atoms with Gasteiger partial charge in [0.05, 0.1) is 23.3 Å². The Morgan fingerprint density at radius 2 is 1.69 bits per heavy atom. The number of hydrogen-bond donors (Lipinski definition) is 3. The molecule has 1 saturated heterocycles. The summed E-state index contributed by atoms with van der Waals surface area (Å²) >= 11 is 12.2. The van der Waals surface area contributed by atoms with Gasteiger partial charge in [-0.25, -0.2) is 0 Å². The average Bonchev–Trinajstić information content (AvgIpc) is 2.97. The van der Waals surface area contributed by atoms with Crippen molar-refractivity contribution in [1.29, 1.82) is 0 Å². The molecule has 1 amide bonds. The zero-order valence-corrected chi connectivity index (χ0v) is 25.7. The van der Waals surface area contributed by atoms with E-state index in [1.807, 2.05) is 41.3 Å². The molecule has 1 fully saturated rings. The van der Waals surface area contributed by atoms with Crippen molar-refractivity contribution < 1.29 is 23.1 Å². The largest absolute Gasteiger partial charge is 0.381 e. The summed E-state index contributed by atoms with van der Waals surface area (Å²) in [6.07, 6.45) is 1.41. The van der Waals surface area contributed by atoms with Gasteiger partial charge in [-0.3, -0.25) is 14.5 Å². The van der Waals surface area contributed by atoms with Crippen LogP contribution in [0.2, 0.25) is 10.0 Å². The zero-order chi connectivity index (χ0) is 30.9. The van der Waals surface area contributed by atoms with Crippen molar-refractivity contribution in [3.05, 3.63) is 69.7 Å². The van der Waals surface area contributed by atoms with Crippen LogP contribution in [0.4, 0.5) is 8.78 Å². The van der Waals surface area contributed by atoms with Crippen molar-refractivity contribution in [3.63, 3.8) is 0 Å². The number of Topliss-reactive ketones (excluding diaryl/α,β-unsaturated/α-hetero) is 1. The van der Waals surface area contributed by atoms with Crippen molar-refractivity contribution in [3.8, 4) is 0 Å². The summed E-state index contributed by atoms with van der Waals surface area (Å²) in [4.78, 5) is 28.0. The van der Waals surface area contributed by atoms with Gasteiger partial charge in [-0.2, -0.15) is 8.78 Å². The van der Waals surface area contributed by atoms with Crippen LogP contribution in [0.1, 0.15) is 31.4 Å². The van der Waals surface area contributed by atoms with Gasteiger partial charge in [-0.15, -0.1) is 0 Å². The summed E-state index contributed by atoms with van der Waals surface area (Å²) in [5.74, 6) is -9.70. The van der Waals surface area contributed by atoms with Crippen LogP contribution in [0, 0.1) is 17.8 Å². The lowest BCUT2D eigenvalue weighted by Gasteiger charge is -2.37. The molecule has 2 aromatic carbocycles. The Balaban J connectivity index is 1.76. The van der Waals surface area contributed by atoms with Crippen LogP contribution in [-0.2, 0) is 27.2 Å². The molecule has 0 bridgehead atoms. The van der Waals surface area contributed by atoms with Crippen molar-refractivity contribution in [1.82, 2.24) is 10.2 Å². The molecule has 0 spiro atoms. The fraction of sp³-hybridized carbons (Fsp3) is 0.548. The monoisotopic (exact) mass is 626 g/mol. The second kappa shape index (κ2) is 16.1. The number of benzene rings is 2. The minimum absolute atomic E-state index is 0.00365. The number of ether oxygens (including phenoxy) is 1. The van der Waals surface area contributed by atoms with E-state index in [0.717, 1.165) is 11.1 Å². The first-order valence-electron chi connectivity index (χ1n) is 14.4. The van der Waals surface area contributed by atoms with Crippen LogP contribution >= 0.6 is 23.2 Å². The molecular weight excluding hydrogens is 585 g/mol. The predicted octanol–water partition coefficient (Wildman–Crippen LogP) is 4.36. The standard InChI is InChI=1S/C31H42Cl2F2N4O3/c1-20(2)27(29(40)31(34,35)30(41)38-12-13-39-14-16-42-17-15-39)28(37)23(18-21-6-4-3-5-7-21)26(36)11-9-22-8-10-24(32)25(33)19-22/h3-8,10,19-20,23,26-28H,9,11-18,36-37H2,1-2H3,(H,38,41)/t23-,26?,27-,28?/m0/s1. The SMILES string of the molecule is CC(C)[C@H](C(=O)C(F)(F)C(=O)NCCN1CCOCC1)C(N)[C@@H](Cc1ccccc1)C(N)CCc1ccc(Cl)c(Cl)c1. The highest BCUT2D eigenvalue weighted by molar-refractivity contribution is 6.42. The summed E-state index contributed by atoms with van der Waals surface area (Å²) in [5.41, 5.74) is 15.2. The quantitative estimate of drug-likeness (QED) is 0.253. The van der Waals surface area contributed by atoms with Gasteiger partial charge in [0, 0.05) is 44.2 Å².